The van der Waals surface area contributed by atoms with Crippen molar-refractivity contribution in [3.05, 3.63) is 54.7 Å². The first-order valence-corrected chi connectivity index (χ1v) is 10.6. The fraction of sp³-hybridized carbons (Fsp3) is 0.261. The van der Waals surface area contributed by atoms with Gasteiger partial charge in [-0.15, -0.1) is 0 Å². The van der Waals surface area contributed by atoms with Gasteiger partial charge in [-0.3, -0.25) is 9.36 Å². The number of alkyl halides is 2. The van der Waals surface area contributed by atoms with Crippen LogP contribution in [0.1, 0.15) is 19.3 Å². The number of fused-ring (bicyclic) bond motifs is 1. The summed E-state index contributed by atoms with van der Waals surface area (Å²) in [6.07, 6.45) is 3.75. The number of carbonyl (C=O) groups is 3. The van der Waals surface area contributed by atoms with Crippen LogP contribution in [-0.4, -0.2) is 35.2 Å². The first kappa shape index (κ1) is 23.0. The van der Waals surface area contributed by atoms with Gasteiger partial charge >= 0.3 is 18.7 Å². The number of ether oxygens (including phenoxy) is 1. The molecule has 9 nitrogen and oxygen atoms in total. The third-order valence-corrected chi connectivity index (χ3v) is 5.41. The van der Waals surface area contributed by atoms with Gasteiger partial charge in [0.05, 0.1) is 11.2 Å². The molecule has 5 N–H and O–H groups in total. The van der Waals surface area contributed by atoms with Crippen LogP contribution in [0.2, 0.25) is 0 Å². The normalized spacial score (nSPS) is 14.0. The number of halogens is 2. The number of hydrogen-bond donors (Lipinski definition) is 4. The lowest BCUT2D eigenvalue weighted by molar-refractivity contribution is -0.118. The molecule has 0 spiro atoms. The number of hydrogen-bond acceptors (Lipinski definition) is 4. The summed E-state index contributed by atoms with van der Waals surface area (Å²) in [4.78, 5) is 37.4. The predicted octanol–water partition coefficient (Wildman–Crippen LogP) is 4.10. The minimum atomic E-state index is -2.99. The highest BCUT2D eigenvalue weighted by Gasteiger charge is 2.31. The van der Waals surface area contributed by atoms with E-state index in [1.54, 1.807) is 24.3 Å². The Bertz CT molecular complexity index is 1230. The molecule has 1 aliphatic rings. The fourth-order valence-corrected chi connectivity index (χ4v) is 3.68. The van der Waals surface area contributed by atoms with Gasteiger partial charge in [-0.25, -0.2) is 9.59 Å². The second-order valence-corrected chi connectivity index (χ2v) is 7.99. The Morgan fingerprint density at radius 3 is 2.56 bits per heavy atom. The molecule has 2 aromatic carbocycles. The molecular weight excluding hydrogens is 448 g/mol. The summed E-state index contributed by atoms with van der Waals surface area (Å²) >= 11 is 0. The van der Waals surface area contributed by atoms with Crippen molar-refractivity contribution < 1.29 is 27.9 Å². The largest absolute Gasteiger partial charge is 0.435 e. The molecule has 4 amide bonds. The predicted molar refractivity (Wildman–Crippen MR) is 122 cm³/mol. The molecule has 3 aromatic rings. The van der Waals surface area contributed by atoms with Crippen LogP contribution in [0.4, 0.5) is 29.7 Å². The monoisotopic (exact) mass is 471 g/mol. The zero-order chi connectivity index (χ0) is 24.2. The lowest BCUT2D eigenvalue weighted by Gasteiger charge is -2.19. The van der Waals surface area contributed by atoms with Crippen molar-refractivity contribution in [2.24, 2.45) is 11.7 Å². The number of aromatic nitrogens is 1. The van der Waals surface area contributed by atoms with Crippen LogP contribution in [0.5, 0.6) is 5.75 Å². The number of benzene rings is 2. The molecule has 178 valence electrons. The molecule has 0 aliphatic heterocycles. The Morgan fingerprint density at radius 2 is 1.85 bits per heavy atom. The van der Waals surface area contributed by atoms with E-state index >= 15 is 0 Å². The maximum Gasteiger partial charge on any atom is 0.387 e. The van der Waals surface area contributed by atoms with E-state index in [1.807, 2.05) is 0 Å². The quantitative estimate of drug-likeness (QED) is 0.394. The SMILES string of the molecule is NC(=O)n1cc(NC(=O)N[C@@H](CC2CC2)C(=O)Nc2cccc(OC(F)F)c2)c2ccccc21. The summed E-state index contributed by atoms with van der Waals surface area (Å²) in [6, 6.07) is 10.3. The highest BCUT2D eigenvalue weighted by atomic mass is 19.3. The molecule has 1 fully saturated rings. The minimum Gasteiger partial charge on any atom is -0.435 e. The van der Waals surface area contributed by atoms with Crippen LogP contribution in [-0.2, 0) is 4.79 Å². The summed E-state index contributed by atoms with van der Waals surface area (Å²) in [5, 5.41) is 8.58. The van der Waals surface area contributed by atoms with E-state index in [0.717, 1.165) is 12.8 Å². The maximum atomic E-state index is 12.9. The average molecular weight is 471 g/mol. The van der Waals surface area contributed by atoms with Gasteiger partial charge in [-0.1, -0.05) is 37.1 Å². The maximum absolute atomic E-state index is 12.9. The van der Waals surface area contributed by atoms with Gasteiger partial charge in [0, 0.05) is 23.3 Å². The number of anilines is 2. The Kier molecular flexibility index (Phi) is 6.62. The zero-order valence-electron chi connectivity index (χ0n) is 18.0. The van der Waals surface area contributed by atoms with Crippen LogP contribution in [0.25, 0.3) is 10.9 Å². The number of amides is 4. The van der Waals surface area contributed by atoms with E-state index in [2.05, 4.69) is 20.7 Å². The Hall–Kier alpha value is -4.15. The molecule has 1 aromatic heterocycles. The van der Waals surface area contributed by atoms with Crippen molar-refractivity contribution in [3.63, 3.8) is 0 Å². The van der Waals surface area contributed by atoms with Gasteiger partial charge in [0.25, 0.3) is 0 Å². The van der Waals surface area contributed by atoms with Gasteiger partial charge in [-0.05, 0) is 30.5 Å². The lowest BCUT2D eigenvalue weighted by atomic mass is 10.1. The van der Waals surface area contributed by atoms with Crippen molar-refractivity contribution in [1.82, 2.24) is 9.88 Å². The zero-order valence-corrected chi connectivity index (χ0v) is 18.0. The number of nitrogens with zero attached hydrogens (tertiary/aromatic N) is 1. The van der Waals surface area contributed by atoms with Crippen molar-refractivity contribution >= 4 is 40.2 Å². The smallest absolute Gasteiger partial charge is 0.387 e. The Balaban J connectivity index is 1.46. The molecular formula is C23H23F2N5O4. The third-order valence-electron chi connectivity index (χ3n) is 5.41. The molecule has 1 heterocycles. The number of urea groups is 1. The highest BCUT2D eigenvalue weighted by molar-refractivity contribution is 6.06. The minimum absolute atomic E-state index is 0.0944. The third kappa shape index (κ3) is 5.61. The molecule has 1 atom stereocenters. The second kappa shape index (κ2) is 9.77. The fourth-order valence-electron chi connectivity index (χ4n) is 3.68. The number of nitrogens with one attached hydrogen (secondary N) is 3. The lowest BCUT2D eigenvalue weighted by Crippen LogP contribution is -2.45. The van der Waals surface area contributed by atoms with Crippen LogP contribution in [0.3, 0.4) is 0 Å². The molecule has 0 unspecified atom stereocenters. The van der Waals surface area contributed by atoms with Gasteiger partial charge in [0.2, 0.25) is 5.91 Å². The van der Waals surface area contributed by atoms with Crippen molar-refractivity contribution in [2.75, 3.05) is 10.6 Å². The Morgan fingerprint density at radius 1 is 1.09 bits per heavy atom. The van der Waals surface area contributed by atoms with E-state index in [-0.39, 0.29) is 11.4 Å². The Labute approximate surface area is 193 Å². The highest BCUT2D eigenvalue weighted by Crippen LogP contribution is 2.34. The summed E-state index contributed by atoms with van der Waals surface area (Å²) in [6.45, 7) is -2.99. The van der Waals surface area contributed by atoms with Crippen LogP contribution in [0, 0.1) is 5.92 Å². The van der Waals surface area contributed by atoms with Crippen molar-refractivity contribution in [3.8, 4) is 5.75 Å². The van der Waals surface area contributed by atoms with Crippen molar-refractivity contribution in [1.29, 1.82) is 0 Å². The van der Waals surface area contributed by atoms with Gasteiger partial charge in [-0.2, -0.15) is 8.78 Å². The summed E-state index contributed by atoms with van der Waals surface area (Å²) in [7, 11) is 0. The molecule has 4 rings (SSSR count). The first-order chi connectivity index (χ1) is 16.3. The molecule has 1 aliphatic carbocycles. The van der Waals surface area contributed by atoms with Crippen LogP contribution in [0.15, 0.2) is 54.7 Å². The summed E-state index contributed by atoms with van der Waals surface area (Å²) in [5.41, 5.74) is 6.56. The molecule has 0 saturated heterocycles. The average Bonchev–Trinajstić information content (AvgIpc) is 3.52. The summed E-state index contributed by atoms with van der Waals surface area (Å²) in [5.74, 6) is -0.278. The number of para-hydroxylation sites is 1. The standard InChI is InChI=1S/C23H23F2N5O4/c24-21(25)34-15-5-3-4-14(11-15)27-20(31)17(10-13-8-9-13)28-23(33)29-18-12-30(22(26)32)19-7-2-1-6-16(18)19/h1-7,11-13,17,21H,8-10H2,(H2,26,32)(H,27,31)(H2,28,29,33)/t17-/m0/s1. The van der Waals surface area contributed by atoms with Crippen molar-refractivity contribution in [2.45, 2.75) is 31.9 Å². The van der Waals surface area contributed by atoms with Gasteiger partial charge in [0.15, 0.2) is 0 Å². The molecule has 0 radical (unpaired) electrons. The van der Waals surface area contributed by atoms with Gasteiger partial charge < -0.3 is 26.4 Å². The van der Waals surface area contributed by atoms with Gasteiger partial charge in [0.1, 0.15) is 11.8 Å². The van der Waals surface area contributed by atoms with E-state index in [9.17, 15) is 23.2 Å². The van der Waals surface area contributed by atoms with Crippen LogP contribution < -0.4 is 26.4 Å². The topological polar surface area (TPSA) is 127 Å². The number of rotatable bonds is 8. The number of carbonyl (C=O) groups excluding carboxylic acids is 3. The molecule has 1 saturated carbocycles. The van der Waals surface area contributed by atoms with E-state index in [0.29, 0.717) is 28.9 Å². The first-order valence-electron chi connectivity index (χ1n) is 10.6. The number of nitrogens with two attached hydrogens (primary N) is 1. The van der Waals surface area contributed by atoms with E-state index < -0.39 is 30.6 Å². The van der Waals surface area contributed by atoms with E-state index in [4.69, 9.17) is 5.73 Å². The summed E-state index contributed by atoms with van der Waals surface area (Å²) < 4.78 is 30.5. The second-order valence-electron chi connectivity index (χ2n) is 7.99. The molecule has 11 heteroatoms. The molecule has 34 heavy (non-hydrogen) atoms. The molecule has 0 bridgehead atoms. The van der Waals surface area contributed by atoms with E-state index in [1.165, 1.54) is 35.0 Å². The number of primary amides is 1. The van der Waals surface area contributed by atoms with Crippen LogP contribution >= 0.6 is 0 Å².